The Morgan fingerprint density at radius 1 is 0.929 bits per heavy atom. The van der Waals surface area contributed by atoms with Gasteiger partial charge in [-0.25, -0.2) is 0 Å². The second kappa shape index (κ2) is 8.41. The Kier molecular flexibility index (Phi) is 5.54. The molecule has 0 spiro atoms. The Labute approximate surface area is 167 Å². The number of hydrogen-bond donors (Lipinski definition) is 0. The van der Waals surface area contributed by atoms with Crippen LogP contribution in [-0.2, 0) is 0 Å². The minimum absolute atomic E-state index is 0.333. The lowest BCUT2D eigenvalue weighted by molar-refractivity contribution is 0.233. The van der Waals surface area contributed by atoms with Crippen molar-refractivity contribution in [3.05, 3.63) is 90.3 Å². The van der Waals surface area contributed by atoms with Crippen LogP contribution in [-0.4, -0.2) is 30.1 Å². The molecule has 3 aromatic rings. The lowest BCUT2D eigenvalue weighted by atomic mass is 9.97. The molecule has 2 aromatic carbocycles. The van der Waals surface area contributed by atoms with Crippen molar-refractivity contribution < 1.29 is 4.74 Å². The molecule has 0 amide bonds. The molecule has 1 aliphatic rings. The smallest absolute Gasteiger partial charge is 0.118 e. The van der Waals surface area contributed by atoms with Crippen molar-refractivity contribution in [2.45, 2.75) is 19.4 Å². The van der Waals surface area contributed by atoms with Crippen molar-refractivity contribution in [1.29, 1.82) is 0 Å². The molecule has 3 heteroatoms. The largest absolute Gasteiger partial charge is 0.497 e. The van der Waals surface area contributed by atoms with Crippen LogP contribution in [0.25, 0.3) is 16.7 Å². The number of methoxy groups -OCH3 is 1. The van der Waals surface area contributed by atoms with Crippen LogP contribution in [0, 0.1) is 0 Å². The van der Waals surface area contributed by atoms with Gasteiger partial charge >= 0.3 is 0 Å². The summed E-state index contributed by atoms with van der Waals surface area (Å²) >= 11 is 0. The first kappa shape index (κ1) is 18.5. The summed E-state index contributed by atoms with van der Waals surface area (Å²) in [7, 11) is 1.69. The maximum absolute atomic E-state index is 5.26. The number of nitrogens with zero attached hydrogens (tertiary/aromatic N) is 2. The first-order valence-corrected chi connectivity index (χ1v) is 9.82. The van der Waals surface area contributed by atoms with Gasteiger partial charge in [-0.2, -0.15) is 0 Å². The van der Waals surface area contributed by atoms with Crippen LogP contribution in [0.4, 0.5) is 0 Å². The summed E-state index contributed by atoms with van der Waals surface area (Å²) in [6.45, 7) is 4.31. The van der Waals surface area contributed by atoms with E-state index < -0.39 is 0 Å². The molecule has 0 fully saturated rings. The first-order chi connectivity index (χ1) is 13.7. The summed E-state index contributed by atoms with van der Waals surface area (Å²) in [6, 6.07) is 21.4. The van der Waals surface area contributed by atoms with Gasteiger partial charge in [0.2, 0.25) is 0 Å². The zero-order chi connectivity index (χ0) is 19.3. The Balaban J connectivity index is 1.49. The highest BCUT2D eigenvalue weighted by Crippen LogP contribution is 2.30. The van der Waals surface area contributed by atoms with Gasteiger partial charge in [-0.1, -0.05) is 48.5 Å². The third-order valence-electron chi connectivity index (χ3n) is 5.60. The average molecular weight is 370 g/mol. The summed E-state index contributed by atoms with van der Waals surface area (Å²) in [5, 5.41) is 0. The van der Waals surface area contributed by atoms with E-state index in [2.05, 4.69) is 71.4 Å². The normalized spacial score (nSPS) is 15.7. The Morgan fingerprint density at radius 2 is 1.71 bits per heavy atom. The van der Waals surface area contributed by atoms with Crippen LogP contribution in [0.15, 0.2) is 79.1 Å². The van der Waals surface area contributed by atoms with E-state index in [0.717, 1.165) is 36.4 Å². The maximum atomic E-state index is 5.26. The fraction of sp³-hybridized carbons (Fsp3) is 0.240. The van der Waals surface area contributed by atoms with Crippen LogP contribution in [0.2, 0.25) is 0 Å². The number of hydrogen-bond acceptors (Lipinski definition) is 3. The molecular formula is C25H26N2O. The SMILES string of the molecule is COc1ccc(-c2cncc(C(C)N3CC=C(c4ccccc4)CC3)c2)cc1. The van der Waals surface area contributed by atoms with Gasteiger partial charge in [0.1, 0.15) is 5.75 Å². The molecule has 0 N–H and O–H groups in total. The molecule has 28 heavy (non-hydrogen) atoms. The number of ether oxygens (including phenoxy) is 1. The minimum Gasteiger partial charge on any atom is -0.497 e. The van der Waals surface area contributed by atoms with Crippen LogP contribution in [0.3, 0.4) is 0 Å². The van der Waals surface area contributed by atoms with Gasteiger partial charge in [-0.3, -0.25) is 9.88 Å². The van der Waals surface area contributed by atoms with E-state index in [1.807, 2.05) is 24.5 Å². The van der Waals surface area contributed by atoms with E-state index in [-0.39, 0.29) is 0 Å². The highest BCUT2D eigenvalue weighted by molar-refractivity contribution is 5.66. The summed E-state index contributed by atoms with van der Waals surface area (Å²) in [6.07, 6.45) is 7.38. The molecule has 0 aliphatic carbocycles. The van der Waals surface area contributed by atoms with Gasteiger partial charge in [0.25, 0.3) is 0 Å². The second-order valence-corrected chi connectivity index (χ2v) is 7.25. The summed E-state index contributed by atoms with van der Waals surface area (Å²) in [5.41, 5.74) is 6.36. The topological polar surface area (TPSA) is 25.4 Å². The Morgan fingerprint density at radius 3 is 2.39 bits per heavy atom. The number of benzene rings is 2. The molecule has 2 heterocycles. The fourth-order valence-corrected chi connectivity index (χ4v) is 3.79. The Bertz CT molecular complexity index is 948. The molecule has 4 rings (SSSR count). The molecule has 1 unspecified atom stereocenters. The predicted octanol–water partition coefficient (Wildman–Crippen LogP) is 5.61. The average Bonchev–Trinajstić information content (AvgIpc) is 2.79. The predicted molar refractivity (Wildman–Crippen MR) is 115 cm³/mol. The van der Waals surface area contributed by atoms with Gasteiger partial charge in [-0.15, -0.1) is 0 Å². The molecule has 1 atom stereocenters. The zero-order valence-electron chi connectivity index (χ0n) is 16.5. The van der Waals surface area contributed by atoms with Crippen LogP contribution in [0.5, 0.6) is 5.75 Å². The van der Waals surface area contributed by atoms with E-state index in [4.69, 9.17) is 4.74 Å². The third-order valence-corrected chi connectivity index (χ3v) is 5.60. The molecule has 0 saturated carbocycles. The Hall–Kier alpha value is -2.91. The molecule has 1 aromatic heterocycles. The standard InChI is InChI=1S/C25H26N2O/c1-19(27-14-12-22(13-15-27)20-6-4-3-5-7-20)23-16-24(18-26-17-23)21-8-10-25(28-2)11-9-21/h3-12,16-19H,13-15H2,1-2H3. The van der Waals surface area contributed by atoms with Crippen LogP contribution < -0.4 is 4.74 Å². The minimum atomic E-state index is 0.333. The second-order valence-electron chi connectivity index (χ2n) is 7.25. The van der Waals surface area contributed by atoms with E-state index in [9.17, 15) is 0 Å². The van der Waals surface area contributed by atoms with Crippen molar-refractivity contribution in [2.24, 2.45) is 0 Å². The molecule has 0 bridgehead atoms. The van der Waals surface area contributed by atoms with Gasteiger partial charge in [0.05, 0.1) is 7.11 Å². The van der Waals surface area contributed by atoms with Gasteiger partial charge in [-0.05, 0) is 53.8 Å². The quantitative estimate of drug-likeness (QED) is 0.584. The molecular weight excluding hydrogens is 344 g/mol. The lowest BCUT2D eigenvalue weighted by Gasteiger charge is -2.32. The number of aromatic nitrogens is 1. The summed E-state index contributed by atoms with van der Waals surface area (Å²) in [5.74, 6) is 0.871. The highest BCUT2D eigenvalue weighted by Gasteiger charge is 2.20. The van der Waals surface area contributed by atoms with Crippen molar-refractivity contribution in [3.8, 4) is 16.9 Å². The van der Waals surface area contributed by atoms with Crippen LogP contribution in [0.1, 0.15) is 30.5 Å². The van der Waals surface area contributed by atoms with Gasteiger partial charge < -0.3 is 4.74 Å². The highest BCUT2D eigenvalue weighted by atomic mass is 16.5. The van der Waals surface area contributed by atoms with E-state index in [1.165, 1.54) is 16.7 Å². The molecule has 0 saturated heterocycles. The molecule has 142 valence electrons. The fourth-order valence-electron chi connectivity index (χ4n) is 3.79. The molecule has 3 nitrogen and oxygen atoms in total. The van der Waals surface area contributed by atoms with E-state index in [0.29, 0.717) is 6.04 Å². The monoisotopic (exact) mass is 370 g/mol. The maximum Gasteiger partial charge on any atom is 0.118 e. The van der Waals surface area contributed by atoms with Crippen molar-refractivity contribution in [1.82, 2.24) is 9.88 Å². The number of pyridine rings is 1. The molecule has 0 radical (unpaired) electrons. The zero-order valence-corrected chi connectivity index (χ0v) is 16.5. The van der Waals surface area contributed by atoms with Crippen molar-refractivity contribution in [2.75, 3.05) is 20.2 Å². The van der Waals surface area contributed by atoms with Gasteiger partial charge in [0.15, 0.2) is 0 Å². The van der Waals surface area contributed by atoms with Crippen molar-refractivity contribution in [3.63, 3.8) is 0 Å². The van der Waals surface area contributed by atoms with E-state index in [1.54, 1.807) is 7.11 Å². The van der Waals surface area contributed by atoms with Crippen LogP contribution >= 0.6 is 0 Å². The number of rotatable bonds is 5. The first-order valence-electron chi connectivity index (χ1n) is 9.82. The summed E-state index contributed by atoms with van der Waals surface area (Å²) in [4.78, 5) is 7.02. The molecule has 1 aliphatic heterocycles. The van der Waals surface area contributed by atoms with E-state index >= 15 is 0 Å². The third kappa shape index (κ3) is 4.00. The lowest BCUT2D eigenvalue weighted by Crippen LogP contribution is -2.31. The summed E-state index contributed by atoms with van der Waals surface area (Å²) < 4.78 is 5.26. The van der Waals surface area contributed by atoms with Crippen molar-refractivity contribution >= 4 is 5.57 Å². The van der Waals surface area contributed by atoms with Gasteiger partial charge in [0, 0.05) is 37.1 Å².